The lowest BCUT2D eigenvalue weighted by Crippen LogP contribution is -2.06. The second-order valence-electron chi connectivity index (χ2n) is 2.94. The molecule has 4 heteroatoms. The van der Waals surface area contributed by atoms with Crippen molar-refractivity contribution in [3.63, 3.8) is 0 Å². The van der Waals surface area contributed by atoms with Gasteiger partial charge < -0.3 is 5.11 Å². The van der Waals surface area contributed by atoms with Crippen LogP contribution in [0.25, 0.3) is 0 Å². The summed E-state index contributed by atoms with van der Waals surface area (Å²) in [5.41, 5.74) is 0.00829. The van der Waals surface area contributed by atoms with Gasteiger partial charge in [0, 0.05) is 0 Å². The van der Waals surface area contributed by atoms with Crippen LogP contribution in [0.1, 0.15) is 23.6 Å². The number of benzene rings is 1. The van der Waals surface area contributed by atoms with Crippen LogP contribution in [0, 0.1) is 6.61 Å². The maximum Gasteiger partial charge on any atom is 0.416 e. The number of hydrogen-bond donors (Lipinski definition) is 1. The van der Waals surface area contributed by atoms with Gasteiger partial charge in [0.25, 0.3) is 0 Å². The Bertz CT molecular complexity index is 295. The molecule has 1 aromatic carbocycles. The fourth-order valence-corrected chi connectivity index (χ4v) is 1.16. The van der Waals surface area contributed by atoms with Gasteiger partial charge >= 0.3 is 6.18 Å². The topological polar surface area (TPSA) is 20.2 Å². The van der Waals surface area contributed by atoms with Crippen LogP contribution in [0.5, 0.6) is 0 Å². The molecule has 0 bridgehead atoms. The third kappa shape index (κ3) is 2.48. The molecular formula is C10H10F3O. The highest BCUT2D eigenvalue weighted by Gasteiger charge is 2.30. The fourth-order valence-electron chi connectivity index (χ4n) is 1.16. The summed E-state index contributed by atoms with van der Waals surface area (Å²) in [5, 5.41) is 8.66. The van der Waals surface area contributed by atoms with E-state index in [1.165, 1.54) is 6.07 Å². The third-order valence-corrected chi connectivity index (χ3v) is 1.90. The monoisotopic (exact) mass is 203 g/mol. The number of alkyl halides is 3. The standard InChI is InChI=1S/C10H10F3O/c1-2-7-3-8(6-14)5-9(4-7)10(11,12)13/h3-6,14H,2H2,1H3. The van der Waals surface area contributed by atoms with Crippen molar-refractivity contribution in [1.29, 1.82) is 0 Å². The smallest absolute Gasteiger partial charge is 0.385 e. The van der Waals surface area contributed by atoms with Crippen molar-refractivity contribution in [2.45, 2.75) is 19.5 Å². The van der Waals surface area contributed by atoms with Crippen LogP contribution >= 0.6 is 0 Å². The third-order valence-electron chi connectivity index (χ3n) is 1.90. The van der Waals surface area contributed by atoms with Gasteiger partial charge in [-0.15, -0.1) is 0 Å². The molecule has 0 aliphatic carbocycles. The molecule has 0 atom stereocenters. The molecule has 0 aliphatic rings. The second-order valence-corrected chi connectivity index (χ2v) is 2.94. The molecule has 1 radical (unpaired) electrons. The van der Waals surface area contributed by atoms with Gasteiger partial charge in [-0.05, 0) is 29.7 Å². The van der Waals surface area contributed by atoms with Crippen molar-refractivity contribution >= 4 is 0 Å². The molecule has 0 fully saturated rings. The molecule has 77 valence electrons. The SMILES string of the molecule is CCc1cc([CH]O)cc(C(F)(F)F)c1. The lowest BCUT2D eigenvalue weighted by Gasteiger charge is -2.09. The average Bonchev–Trinajstić information content (AvgIpc) is 2.15. The van der Waals surface area contributed by atoms with E-state index < -0.39 is 11.7 Å². The van der Waals surface area contributed by atoms with Crippen LogP contribution in [0.15, 0.2) is 18.2 Å². The summed E-state index contributed by atoms with van der Waals surface area (Å²) in [7, 11) is 0. The van der Waals surface area contributed by atoms with E-state index in [0.29, 0.717) is 18.6 Å². The quantitative estimate of drug-likeness (QED) is 0.782. The minimum Gasteiger partial charge on any atom is -0.385 e. The Morgan fingerprint density at radius 2 is 1.93 bits per heavy atom. The zero-order valence-corrected chi connectivity index (χ0v) is 7.60. The molecule has 14 heavy (non-hydrogen) atoms. The molecule has 0 amide bonds. The molecule has 0 heterocycles. The normalized spacial score (nSPS) is 11.8. The number of aryl methyl sites for hydroxylation is 1. The lowest BCUT2D eigenvalue weighted by molar-refractivity contribution is -0.137. The van der Waals surface area contributed by atoms with Crippen molar-refractivity contribution in [2.75, 3.05) is 0 Å². The van der Waals surface area contributed by atoms with Crippen molar-refractivity contribution < 1.29 is 18.3 Å². The van der Waals surface area contributed by atoms with E-state index in [1.54, 1.807) is 6.92 Å². The van der Waals surface area contributed by atoms with Crippen LogP contribution in [-0.2, 0) is 12.6 Å². The Morgan fingerprint density at radius 3 is 2.36 bits per heavy atom. The maximum absolute atomic E-state index is 12.3. The summed E-state index contributed by atoms with van der Waals surface area (Å²) >= 11 is 0. The first-order valence-corrected chi connectivity index (χ1v) is 4.16. The lowest BCUT2D eigenvalue weighted by atomic mass is 10.0. The van der Waals surface area contributed by atoms with Crippen LogP contribution in [0.4, 0.5) is 13.2 Å². The molecule has 0 saturated carbocycles. The molecule has 0 unspecified atom stereocenters. The van der Waals surface area contributed by atoms with Gasteiger partial charge in [-0.25, -0.2) is 0 Å². The Kier molecular flexibility index (Phi) is 3.16. The van der Waals surface area contributed by atoms with Gasteiger partial charge in [0.2, 0.25) is 0 Å². The fraction of sp³-hybridized carbons (Fsp3) is 0.300. The number of aliphatic hydroxyl groups is 1. The highest BCUT2D eigenvalue weighted by atomic mass is 19.4. The Labute approximate surface area is 80.2 Å². The highest BCUT2D eigenvalue weighted by Crippen LogP contribution is 2.30. The molecule has 0 aliphatic heterocycles. The van der Waals surface area contributed by atoms with E-state index in [9.17, 15) is 13.2 Å². The van der Waals surface area contributed by atoms with Crippen LogP contribution in [0.3, 0.4) is 0 Å². The molecule has 1 aromatic rings. The van der Waals surface area contributed by atoms with Crippen molar-refractivity contribution in [2.24, 2.45) is 0 Å². The summed E-state index contributed by atoms with van der Waals surface area (Å²) in [6.45, 7) is 2.44. The summed E-state index contributed by atoms with van der Waals surface area (Å²) in [6, 6.07) is 3.53. The van der Waals surface area contributed by atoms with Crippen molar-refractivity contribution in [1.82, 2.24) is 0 Å². The first-order valence-electron chi connectivity index (χ1n) is 4.16. The van der Waals surface area contributed by atoms with Crippen LogP contribution in [0.2, 0.25) is 0 Å². The van der Waals surface area contributed by atoms with Crippen LogP contribution in [-0.4, -0.2) is 5.11 Å². The zero-order chi connectivity index (χ0) is 10.8. The molecule has 1 nitrogen and oxygen atoms in total. The van der Waals surface area contributed by atoms with Gasteiger partial charge in [-0.2, -0.15) is 13.2 Å². The summed E-state index contributed by atoms with van der Waals surface area (Å²) in [4.78, 5) is 0. The number of aliphatic hydroxyl groups excluding tert-OH is 1. The summed E-state index contributed by atoms with van der Waals surface area (Å²) < 4.78 is 37.0. The van der Waals surface area contributed by atoms with E-state index in [4.69, 9.17) is 5.11 Å². The minimum atomic E-state index is -4.36. The number of rotatable bonds is 2. The predicted octanol–water partition coefficient (Wildman–Crippen LogP) is 3.15. The minimum absolute atomic E-state index is 0.177. The zero-order valence-electron chi connectivity index (χ0n) is 7.60. The van der Waals surface area contributed by atoms with Gasteiger partial charge in [-0.1, -0.05) is 13.0 Å². The van der Waals surface area contributed by atoms with Gasteiger partial charge in [-0.3, -0.25) is 0 Å². The molecule has 1 N–H and O–H groups in total. The van der Waals surface area contributed by atoms with E-state index in [2.05, 4.69) is 0 Å². The van der Waals surface area contributed by atoms with E-state index in [0.717, 1.165) is 12.1 Å². The molecule has 0 spiro atoms. The highest BCUT2D eigenvalue weighted by molar-refractivity contribution is 5.34. The molecule has 0 aromatic heterocycles. The van der Waals surface area contributed by atoms with E-state index in [-0.39, 0.29) is 5.56 Å². The average molecular weight is 203 g/mol. The first kappa shape index (κ1) is 11.0. The predicted molar refractivity (Wildman–Crippen MR) is 46.2 cm³/mol. The van der Waals surface area contributed by atoms with E-state index >= 15 is 0 Å². The van der Waals surface area contributed by atoms with Gasteiger partial charge in [0.05, 0.1) is 5.56 Å². The second kappa shape index (κ2) is 4.00. The first-order chi connectivity index (χ1) is 6.47. The van der Waals surface area contributed by atoms with Gasteiger partial charge in [0.1, 0.15) is 6.61 Å². The largest absolute Gasteiger partial charge is 0.416 e. The van der Waals surface area contributed by atoms with Crippen LogP contribution < -0.4 is 0 Å². The van der Waals surface area contributed by atoms with Gasteiger partial charge in [0.15, 0.2) is 0 Å². The Hall–Kier alpha value is -1.03. The summed E-state index contributed by atoms with van der Waals surface area (Å²) in [6.07, 6.45) is -3.85. The van der Waals surface area contributed by atoms with E-state index in [1.807, 2.05) is 0 Å². The Morgan fingerprint density at radius 1 is 1.29 bits per heavy atom. The summed E-state index contributed by atoms with van der Waals surface area (Å²) in [5.74, 6) is 0. The number of hydrogen-bond acceptors (Lipinski definition) is 1. The maximum atomic E-state index is 12.3. The van der Waals surface area contributed by atoms with Crippen molar-refractivity contribution in [3.05, 3.63) is 41.5 Å². The molecule has 1 rings (SSSR count). The molecular weight excluding hydrogens is 193 g/mol. The Balaban J connectivity index is 3.17. The van der Waals surface area contributed by atoms with Crippen molar-refractivity contribution in [3.8, 4) is 0 Å². The number of halogens is 3. The molecule has 0 saturated heterocycles.